The van der Waals surface area contributed by atoms with Crippen molar-refractivity contribution in [2.24, 2.45) is 4.99 Å². The molecule has 1 aromatic heterocycles. The fourth-order valence-electron chi connectivity index (χ4n) is 5.10. The van der Waals surface area contributed by atoms with Gasteiger partial charge in [0.2, 0.25) is 6.29 Å². The van der Waals surface area contributed by atoms with E-state index in [0.29, 0.717) is 72.4 Å². The molecule has 0 spiro atoms. The molecule has 3 aromatic rings. The monoisotopic (exact) mass is 544 g/mol. The Bertz CT molecular complexity index is 1420. The van der Waals surface area contributed by atoms with Gasteiger partial charge in [0.05, 0.1) is 11.6 Å². The lowest BCUT2D eigenvalue weighted by molar-refractivity contribution is -0.0254. The van der Waals surface area contributed by atoms with Crippen LogP contribution in [0.3, 0.4) is 0 Å². The van der Waals surface area contributed by atoms with Crippen LogP contribution in [0, 0.1) is 0 Å². The molecule has 0 saturated carbocycles. The summed E-state index contributed by atoms with van der Waals surface area (Å²) in [5, 5.41) is 14.7. The van der Waals surface area contributed by atoms with Gasteiger partial charge < -0.3 is 29.8 Å². The molecule has 1 fully saturated rings. The van der Waals surface area contributed by atoms with E-state index >= 15 is 0 Å². The molecule has 3 N–H and O–H groups in total. The standard InChI is InChI=1S/C31H36N4O5/c1-3-4-14-32-31(38)35-15-12-23(13-16-35)33-29(26-19-39-27(40-26)17-21-8-6-5-7-9-21)28-24-18-22(20(2)36)10-11-25(24)34-30(28)37/h5-11,18-19,23,27,34,37H,3-4,12-17H2,1-2H3,(H,32,38). The first-order valence-corrected chi connectivity index (χ1v) is 14.0. The van der Waals surface area contributed by atoms with Crippen LogP contribution < -0.4 is 5.32 Å². The summed E-state index contributed by atoms with van der Waals surface area (Å²) in [7, 11) is 0. The van der Waals surface area contributed by atoms with Crippen LogP contribution in [0.15, 0.2) is 65.5 Å². The zero-order valence-corrected chi connectivity index (χ0v) is 23.0. The molecule has 2 amide bonds. The van der Waals surface area contributed by atoms with E-state index in [1.165, 1.54) is 6.92 Å². The molecule has 3 heterocycles. The number of Topliss-reactive ketones (excluding diaryl/α,β-unsaturated/α-hetero) is 1. The summed E-state index contributed by atoms with van der Waals surface area (Å²) in [5.74, 6) is 0.294. The van der Waals surface area contributed by atoms with Crippen molar-refractivity contribution in [2.75, 3.05) is 19.6 Å². The molecule has 40 heavy (non-hydrogen) atoms. The Morgan fingerprint density at radius 1 is 1.15 bits per heavy atom. The highest BCUT2D eigenvalue weighted by Gasteiger charge is 2.31. The molecular weight excluding hydrogens is 508 g/mol. The van der Waals surface area contributed by atoms with Crippen molar-refractivity contribution >= 4 is 28.4 Å². The summed E-state index contributed by atoms with van der Waals surface area (Å²) in [4.78, 5) is 34.6. The number of benzene rings is 2. The topological polar surface area (TPSA) is 116 Å². The number of aromatic amines is 1. The van der Waals surface area contributed by atoms with E-state index in [1.54, 1.807) is 24.5 Å². The van der Waals surface area contributed by atoms with Crippen molar-refractivity contribution in [3.05, 3.63) is 77.2 Å². The number of aromatic hydroxyl groups is 1. The maximum absolute atomic E-state index is 12.5. The quantitative estimate of drug-likeness (QED) is 0.192. The van der Waals surface area contributed by atoms with E-state index in [1.807, 2.05) is 35.2 Å². The number of piperidine rings is 1. The van der Waals surface area contributed by atoms with Crippen molar-refractivity contribution in [1.29, 1.82) is 0 Å². The highest BCUT2D eigenvalue weighted by Crippen LogP contribution is 2.34. The number of hydrogen-bond acceptors (Lipinski definition) is 6. The molecular formula is C31H36N4O5. The minimum Gasteiger partial charge on any atom is -0.494 e. The highest BCUT2D eigenvalue weighted by atomic mass is 16.7. The van der Waals surface area contributed by atoms with Gasteiger partial charge in [-0.2, -0.15) is 0 Å². The van der Waals surface area contributed by atoms with Crippen molar-refractivity contribution < 1.29 is 24.2 Å². The maximum Gasteiger partial charge on any atom is 0.317 e. The summed E-state index contributed by atoms with van der Waals surface area (Å²) in [6.07, 6.45) is 4.91. The number of nitrogens with zero attached hydrogens (tertiary/aromatic N) is 2. The fraction of sp³-hybridized carbons (Fsp3) is 0.387. The van der Waals surface area contributed by atoms with E-state index in [9.17, 15) is 14.7 Å². The number of aromatic nitrogens is 1. The molecule has 210 valence electrons. The molecule has 2 aromatic carbocycles. The third-order valence-corrected chi connectivity index (χ3v) is 7.36. The number of allylic oxidation sites excluding steroid dienone is 1. The second-order valence-electron chi connectivity index (χ2n) is 10.3. The van der Waals surface area contributed by atoms with Crippen LogP contribution in [-0.4, -0.2) is 64.5 Å². The minimum absolute atomic E-state index is 0.0406. The number of H-pyrrole nitrogens is 1. The summed E-state index contributed by atoms with van der Waals surface area (Å²) in [6.45, 7) is 5.45. The average molecular weight is 545 g/mol. The third-order valence-electron chi connectivity index (χ3n) is 7.36. The van der Waals surface area contributed by atoms with E-state index < -0.39 is 6.29 Å². The smallest absolute Gasteiger partial charge is 0.317 e. The first kappa shape index (κ1) is 27.3. The number of hydrogen-bond donors (Lipinski definition) is 3. The van der Waals surface area contributed by atoms with Gasteiger partial charge in [0, 0.05) is 42.5 Å². The second-order valence-corrected chi connectivity index (χ2v) is 10.3. The van der Waals surface area contributed by atoms with Gasteiger partial charge in [-0.15, -0.1) is 0 Å². The number of ether oxygens (including phenoxy) is 2. The van der Waals surface area contributed by atoms with Gasteiger partial charge in [0.25, 0.3) is 0 Å². The zero-order chi connectivity index (χ0) is 28.1. The van der Waals surface area contributed by atoms with Gasteiger partial charge in [-0.05, 0) is 49.9 Å². The zero-order valence-electron chi connectivity index (χ0n) is 23.0. The van der Waals surface area contributed by atoms with Crippen LogP contribution in [0.2, 0.25) is 0 Å². The molecule has 0 bridgehead atoms. The lowest BCUT2D eigenvalue weighted by atomic mass is 10.0. The number of fused-ring (bicyclic) bond motifs is 1. The number of unbranched alkanes of at least 4 members (excludes halogenated alkanes) is 1. The summed E-state index contributed by atoms with van der Waals surface area (Å²) < 4.78 is 12.1. The molecule has 5 rings (SSSR count). The Hall–Kier alpha value is -4.27. The molecule has 9 heteroatoms. The van der Waals surface area contributed by atoms with Gasteiger partial charge in [-0.3, -0.25) is 9.79 Å². The lowest BCUT2D eigenvalue weighted by Crippen LogP contribution is -2.45. The fourth-order valence-corrected chi connectivity index (χ4v) is 5.10. The van der Waals surface area contributed by atoms with E-state index in [4.69, 9.17) is 14.5 Å². The molecule has 0 aliphatic carbocycles. The van der Waals surface area contributed by atoms with Crippen molar-refractivity contribution in [2.45, 2.75) is 58.3 Å². The van der Waals surface area contributed by atoms with E-state index in [-0.39, 0.29) is 23.7 Å². The second kappa shape index (κ2) is 12.3. The Labute approximate surface area is 233 Å². The third kappa shape index (κ3) is 6.14. The van der Waals surface area contributed by atoms with Crippen LogP contribution in [0.5, 0.6) is 5.88 Å². The molecule has 1 saturated heterocycles. The maximum atomic E-state index is 12.5. The number of nitrogens with one attached hydrogen (secondary N) is 2. The van der Waals surface area contributed by atoms with Crippen molar-refractivity contribution in [3.63, 3.8) is 0 Å². The number of aliphatic imine (C=N–C) groups is 1. The summed E-state index contributed by atoms with van der Waals surface area (Å²) in [6, 6.07) is 15.1. The van der Waals surface area contributed by atoms with Gasteiger partial charge >= 0.3 is 6.03 Å². The number of ketones is 1. The van der Waals surface area contributed by atoms with Crippen LogP contribution in [-0.2, 0) is 15.9 Å². The Kier molecular flexibility index (Phi) is 8.38. The Balaban J connectivity index is 1.42. The number of rotatable bonds is 9. The van der Waals surface area contributed by atoms with Gasteiger partial charge in [-0.25, -0.2) is 4.79 Å². The molecule has 1 unspecified atom stereocenters. The first-order valence-electron chi connectivity index (χ1n) is 14.0. The summed E-state index contributed by atoms with van der Waals surface area (Å²) >= 11 is 0. The molecule has 1 atom stereocenters. The minimum atomic E-state index is -0.531. The molecule has 0 radical (unpaired) electrons. The summed E-state index contributed by atoms with van der Waals surface area (Å²) in [5.41, 5.74) is 3.23. The Morgan fingerprint density at radius 3 is 2.65 bits per heavy atom. The SMILES string of the molecule is CCCCNC(=O)N1CCC(N=C(C2=COC(Cc3ccccc3)O2)c2c(O)[nH]c3ccc(C(C)=O)cc23)CC1. The molecule has 9 nitrogen and oxygen atoms in total. The van der Waals surface area contributed by atoms with Crippen molar-refractivity contribution in [1.82, 2.24) is 15.2 Å². The van der Waals surface area contributed by atoms with Crippen LogP contribution >= 0.6 is 0 Å². The van der Waals surface area contributed by atoms with Crippen LogP contribution in [0.1, 0.15) is 61.0 Å². The number of carbonyl (C=O) groups is 2. The average Bonchev–Trinajstić information content (AvgIpc) is 3.55. The highest BCUT2D eigenvalue weighted by molar-refractivity contribution is 6.20. The number of urea groups is 1. The largest absolute Gasteiger partial charge is 0.494 e. The van der Waals surface area contributed by atoms with Crippen molar-refractivity contribution in [3.8, 4) is 5.88 Å². The van der Waals surface area contributed by atoms with Gasteiger partial charge in [-0.1, -0.05) is 43.7 Å². The number of carbonyl (C=O) groups excluding carboxylic acids is 2. The number of amides is 2. The van der Waals surface area contributed by atoms with Crippen LogP contribution in [0.4, 0.5) is 4.79 Å². The number of likely N-dealkylation sites (tertiary alicyclic amines) is 1. The van der Waals surface area contributed by atoms with E-state index in [0.717, 1.165) is 18.4 Å². The molecule has 2 aliphatic heterocycles. The molecule has 2 aliphatic rings. The normalized spacial score (nSPS) is 17.9. The Morgan fingerprint density at radius 2 is 1.93 bits per heavy atom. The predicted octanol–water partition coefficient (Wildman–Crippen LogP) is 5.30. The first-order chi connectivity index (χ1) is 19.4. The van der Waals surface area contributed by atoms with E-state index in [2.05, 4.69) is 17.2 Å². The van der Waals surface area contributed by atoms with Gasteiger partial charge in [0.1, 0.15) is 12.0 Å². The lowest BCUT2D eigenvalue weighted by Gasteiger charge is -2.30. The predicted molar refractivity (Wildman–Crippen MR) is 154 cm³/mol. The van der Waals surface area contributed by atoms with Crippen LogP contribution in [0.25, 0.3) is 10.9 Å². The van der Waals surface area contributed by atoms with Gasteiger partial charge in [0.15, 0.2) is 17.4 Å².